The second-order valence-electron chi connectivity index (χ2n) is 6.79. The van der Waals surface area contributed by atoms with Crippen LogP contribution in [-0.4, -0.2) is 52.2 Å². The molecule has 9 nitrogen and oxygen atoms in total. The molecule has 0 unspecified atom stereocenters. The summed E-state index contributed by atoms with van der Waals surface area (Å²) >= 11 is 0. The second kappa shape index (κ2) is 8.28. The van der Waals surface area contributed by atoms with E-state index in [1.165, 1.54) is 4.57 Å². The Balaban J connectivity index is 1.68. The van der Waals surface area contributed by atoms with Gasteiger partial charge in [-0.25, -0.2) is 14.4 Å². The summed E-state index contributed by atoms with van der Waals surface area (Å²) in [6, 6.07) is 5.51. The molecule has 2 amide bonds. The molecule has 1 aliphatic heterocycles. The largest absolute Gasteiger partial charge is 0.464 e. The van der Waals surface area contributed by atoms with Gasteiger partial charge in [0.25, 0.3) is 5.56 Å². The first-order valence-corrected chi connectivity index (χ1v) is 9.38. The Bertz CT molecular complexity index is 988. The van der Waals surface area contributed by atoms with Gasteiger partial charge >= 0.3 is 17.7 Å². The van der Waals surface area contributed by atoms with Crippen molar-refractivity contribution in [2.24, 2.45) is 0 Å². The smallest absolute Gasteiger partial charge is 0.329 e. The number of aromatic nitrogens is 2. The zero-order valence-corrected chi connectivity index (χ0v) is 15.9. The molecule has 150 valence electrons. The lowest BCUT2D eigenvalue weighted by Gasteiger charge is -2.33. The van der Waals surface area contributed by atoms with Crippen molar-refractivity contribution >= 4 is 22.9 Å². The molecule has 1 fully saturated rings. The summed E-state index contributed by atoms with van der Waals surface area (Å²) in [5, 5.41) is 3.08. The maximum absolute atomic E-state index is 12.7. The molecule has 1 atom stereocenters. The summed E-state index contributed by atoms with van der Waals surface area (Å²) in [6.45, 7) is 4.28. The number of benzene rings is 1. The van der Waals surface area contributed by atoms with Crippen molar-refractivity contribution in [3.63, 3.8) is 0 Å². The maximum atomic E-state index is 12.7. The first-order valence-electron chi connectivity index (χ1n) is 9.38. The predicted octanol–water partition coefficient (Wildman–Crippen LogP) is 0.988. The number of nitrogens with one attached hydrogen (secondary N) is 2. The number of carbonyl (C=O) groups excluding carboxylic acids is 2. The van der Waals surface area contributed by atoms with Crippen LogP contribution in [0.15, 0.2) is 33.9 Å². The number of amides is 2. The highest BCUT2D eigenvalue weighted by atomic mass is 16.5. The Hall–Kier alpha value is -3.10. The second-order valence-corrected chi connectivity index (χ2v) is 6.79. The number of hydrogen-bond acceptors (Lipinski definition) is 5. The predicted molar refractivity (Wildman–Crippen MR) is 103 cm³/mol. The minimum atomic E-state index is -0.740. The van der Waals surface area contributed by atoms with Gasteiger partial charge in [0, 0.05) is 19.1 Å². The molecule has 0 aliphatic carbocycles. The number of nitrogens with zero attached hydrogens (tertiary/aromatic N) is 2. The summed E-state index contributed by atoms with van der Waals surface area (Å²) in [5.74, 6) is -0.486. The van der Waals surface area contributed by atoms with E-state index in [9.17, 15) is 19.2 Å². The van der Waals surface area contributed by atoms with Gasteiger partial charge in [0.1, 0.15) is 6.04 Å². The average molecular weight is 388 g/mol. The number of fused-ring (bicyclic) bond motifs is 1. The van der Waals surface area contributed by atoms with Crippen molar-refractivity contribution < 1.29 is 14.3 Å². The maximum Gasteiger partial charge on any atom is 0.329 e. The molecule has 1 aromatic heterocycles. The van der Waals surface area contributed by atoms with Gasteiger partial charge in [-0.05, 0) is 38.8 Å². The van der Waals surface area contributed by atoms with E-state index in [0.717, 1.165) is 0 Å². The van der Waals surface area contributed by atoms with Gasteiger partial charge in [0.05, 0.1) is 17.5 Å². The van der Waals surface area contributed by atoms with E-state index >= 15 is 0 Å². The number of esters is 1. The first kappa shape index (κ1) is 19.7. The molecule has 0 radical (unpaired) electrons. The summed E-state index contributed by atoms with van der Waals surface area (Å²) in [4.78, 5) is 53.5. The van der Waals surface area contributed by atoms with Gasteiger partial charge in [-0.1, -0.05) is 12.1 Å². The monoisotopic (exact) mass is 388 g/mol. The number of aromatic amines is 1. The standard InChI is InChI=1S/C19H24N4O5/c1-3-28-17(25)12(2)20-18(26)22-10-8-13(9-11-22)23-16(24)14-6-4-5-7-15(14)21-19(23)27/h4-7,12-13H,3,8-11H2,1-2H3,(H,20,26)(H,21,27)/t12-/m1/s1. The summed E-state index contributed by atoms with van der Waals surface area (Å²) in [5.41, 5.74) is -0.251. The fourth-order valence-corrected chi connectivity index (χ4v) is 3.44. The van der Waals surface area contributed by atoms with Crippen molar-refractivity contribution in [2.45, 2.75) is 38.8 Å². The molecule has 1 aliphatic rings. The van der Waals surface area contributed by atoms with E-state index < -0.39 is 17.7 Å². The molecule has 0 spiro atoms. The minimum absolute atomic E-state index is 0.249. The van der Waals surface area contributed by atoms with Crippen LogP contribution >= 0.6 is 0 Å². The quantitative estimate of drug-likeness (QED) is 0.758. The minimum Gasteiger partial charge on any atom is -0.464 e. The zero-order chi connectivity index (χ0) is 20.3. The number of carbonyl (C=O) groups is 2. The molecule has 9 heteroatoms. The molecule has 1 saturated heterocycles. The van der Waals surface area contributed by atoms with Crippen LogP contribution in [0.3, 0.4) is 0 Å². The zero-order valence-electron chi connectivity index (χ0n) is 15.9. The van der Waals surface area contributed by atoms with Crippen LogP contribution in [0.25, 0.3) is 10.9 Å². The molecule has 0 bridgehead atoms. The third-order valence-electron chi connectivity index (χ3n) is 4.93. The molecule has 1 aromatic carbocycles. The van der Waals surface area contributed by atoms with E-state index in [4.69, 9.17) is 4.74 Å². The molecule has 2 heterocycles. The van der Waals surface area contributed by atoms with Crippen LogP contribution in [0.2, 0.25) is 0 Å². The number of rotatable bonds is 4. The van der Waals surface area contributed by atoms with Crippen molar-refractivity contribution in [3.8, 4) is 0 Å². The first-order chi connectivity index (χ1) is 13.4. The molecule has 2 N–H and O–H groups in total. The highest BCUT2D eigenvalue weighted by molar-refractivity contribution is 5.83. The number of piperidine rings is 1. The molecule has 3 rings (SSSR count). The van der Waals surface area contributed by atoms with Gasteiger partial charge in [0.2, 0.25) is 0 Å². The van der Waals surface area contributed by atoms with E-state index in [2.05, 4.69) is 10.3 Å². The molecular formula is C19H24N4O5. The molecule has 0 saturated carbocycles. The highest BCUT2D eigenvalue weighted by Crippen LogP contribution is 2.20. The van der Waals surface area contributed by atoms with Gasteiger partial charge < -0.3 is 19.9 Å². The number of ether oxygens (including phenoxy) is 1. The Labute approximate surface area is 161 Å². The van der Waals surface area contributed by atoms with E-state index in [-0.39, 0.29) is 24.2 Å². The van der Waals surface area contributed by atoms with Crippen LogP contribution in [0.1, 0.15) is 32.7 Å². The van der Waals surface area contributed by atoms with E-state index in [1.807, 2.05) is 0 Å². The van der Waals surface area contributed by atoms with Crippen molar-refractivity contribution in [3.05, 3.63) is 45.1 Å². The lowest BCUT2D eigenvalue weighted by Crippen LogP contribution is -2.51. The number of H-pyrrole nitrogens is 1. The fraction of sp³-hybridized carbons (Fsp3) is 0.474. The SMILES string of the molecule is CCOC(=O)[C@@H](C)NC(=O)N1CCC(n2c(=O)[nH]c3ccccc3c2=O)CC1. The van der Waals surface area contributed by atoms with Crippen molar-refractivity contribution in [1.82, 2.24) is 19.8 Å². The topological polar surface area (TPSA) is 114 Å². The van der Waals surface area contributed by atoms with Crippen LogP contribution in [0, 0.1) is 0 Å². The summed E-state index contributed by atoms with van der Waals surface area (Å²) in [6.07, 6.45) is 0.949. The van der Waals surface area contributed by atoms with Gasteiger partial charge in [-0.2, -0.15) is 0 Å². The third-order valence-corrected chi connectivity index (χ3v) is 4.93. The number of likely N-dealkylation sites (tertiary alicyclic amines) is 1. The molecule has 2 aromatic rings. The Morgan fingerprint density at radius 3 is 2.61 bits per heavy atom. The van der Waals surface area contributed by atoms with Gasteiger partial charge in [0.15, 0.2) is 0 Å². The summed E-state index contributed by atoms with van der Waals surface area (Å²) in [7, 11) is 0. The van der Waals surface area contributed by atoms with Crippen LogP contribution in [-0.2, 0) is 9.53 Å². The molecule has 28 heavy (non-hydrogen) atoms. The lowest BCUT2D eigenvalue weighted by atomic mass is 10.0. The Kier molecular flexibility index (Phi) is 5.81. The number of hydrogen-bond donors (Lipinski definition) is 2. The van der Waals surface area contributed by atoms with Crippen LogP contribution in [0.4, 0.5) is 4.79 Å². The summed E-state index contributed by atoms with van der Waals surface area (Å²) < 4.78 is 6.13. The third kappa shape index (κ3) is 3.92. The van der Waals surface area contributed by atoms with Crippen LogP contribution < -0.4 is 16.6 Å². The lowest BCUT2D eigenvalue weighted by molar-refractivity contribution is -0.144. The molecular weight excluding hydrogens is 364 g/mol. The normalized spacial score (nSPS) is 16.0. The Morgan fingerprint density at radius 2 is 1.93 bits per heavy atom. The highest BCUT2D eigenvalue weighted by Gasteiger charge is 2.28. The van der Waals surface area contributed by atoms with E-state index in [1.54, 1.807) is 43.0 Å². The van der Waals surface area contributed by atoms with Crippen molar-refractivity contribution in [2.75, 3.05) is 19.7 Å². The average Bonchev–Trinajstić information content (AvgIpc) is 2.68. The van der Waals surface area contributed by atoms with Crippen molar-refractivity contribution in [1.29, 1.82) is 0 Å². The number of urea groups is 1. The van der Waals surface area contributed by atoms with Crippen LogP contribution in [0.5, 0.6) is 0 Å². The van der Waals surface area contributed by atoms with Gasteiger partial charge in [-0.3, -0.25) is 9.36 Å². The fourth-order valence-electron chi connectivity index (χ4n) is 3.44. The number of para-hydroxylation sites is 1. The Morgan fingerprint density at radius 1 is 1.25 bits per heavy atom. The van der Waals surface area contributed by atoms with E-state index in [0.29, 0.717) is 36.8 Å². The van der Waals surface area contributed by atoms with Gasteiger partial charge in [-0.15, -0.1) is 0 Å².